The van der Waals surface area contributed by atoms with Crippen LogP contribution in [-0.4, -0.2) is 17.6 Å². The van der Waals surface area contributed by atoms with Crippen LogP contribution in [0.2, 0.25) is 0 Å². The zero-order valence-electron chi connectivity index (χ0n) is 10.8. The highest BCUT2D eigenvalue weighted by Crippen LogP contribution is 2.19. The lowest BCUT2D eigenvalue weighted by Gasteiger charge is -2.24. The van der Waals surface area contributed by atoms with E-state index in [-0.39, 0.29) is 18.3 Å². The molecule has 0 aromatic heterocycles. The molecule has 0 saturated carbocycles. The second-order valence-corrected chi connectivity index (χ2v) is 4.72. The molecule has 0 radical (unpaired) electrons. The van der Waals surface area contributed by atoms with Crippen LogP contribution in [0.4, 0.5) is 4.39 Å². The molecule has 98 valence electrons. The third-order valence-corrected chi connectivity index (χ3v) is 2.49. The molecule has 2 N–H and O–H groups in total. The first-order valence-electron chi connectivity index (χ1n) is 5.72. The lowest BCUT2D eigenvalue weighted by molar-refractivity contribution is -0.117. The highest BCUT2D eigenvalue weighted by Gasteiger charge is 2.23. The Hall–Kier alpha value is -1.68. The largest absolute Gasteiger partial charge is 0.384 e. The van der Waals surface area contributed by atoms with E-state index in [0.29, 0.717) is 5.56 Å². The van der Waals surface area contributed by atoms with Crippen molar-refractivity contribution in [1.82, 2.24) is 5.32 Å². The summed E-state index contributed by atoms with van der Waals surface area (Å²) in [4.78, 5) is 11.4. The molecule has 1 atom stereocenters. The smallest absolute Gasteiger partial charge is 0.244 e. The van der Waals surface area contributed by atoms with E-state index in [1.165, 1.54) is 30.3 Å². The maximum Gasteiger partial charge on any atom is 0.244 e. The van der Waals surface area contributed by atoms with Crippen molar-refractivity contribution in [1.29, 1.82) is 0 Å². The third kappa shape index (κ3) is 4.30. The van der Waals surface area contributed by atoms with Gasteiger partial charge in [-0.05, 0) is 38.5 Å². The normalized spacial score (nSPS) is 13.6. The van der Waals surface area contributed by atoms with Crippen LogP contribution in [0.25, 0.3) is 0 Å². The molecule has 18 heavy (non-hydrogen) atoms. The van der Waals surface area contributed by atoms with Gasteiger partial charge < -0.3 is 10.4 Å². The zero-order chi connectivity index (χ0) is 13.8. The van der Waals surface area contributed by atoms with Crippen LogP contribution in [0.5, 0.6) is 0 Å². The van der Waals surface area contributed by atoms with Crippen molar-refractivity contribution >= 4 is 5.91 Å². The van der Waals surface area contributed by atoms with E-state index in [0.717, 1.165) is 5.57 Å². The van der Waals surface area contributed by atoms with E-state index in [2.05, 4.69) is 5.32 Å². The van der Waals surface area contributed by atoms with Gasteiger partial charge in [0.1, 0.15) is 11.4 Å². The molecule has 0 aliphatic heterocycles. The van der Waals surface area contributed by atoms with Gasteiger partial charge in [0.15, 0.2) is 0 Å². The fourth-order valence-corrected chi connectivity index (χ4v) is 1.48. The number of carbonyl (C=O) groups is 1. The maximum absolute atomic E-state index is 12.8. The van der Waals surface area contributed by atoms with Gasteiger partial charge in [-0.15, -0.1) is 0 Å². The zero-order valence-corrected chi connectivity index (χ0v) is 10.8. The number of carbonyl (C=O) groups excluding carboxylic acids is 1. The Kier molecular flexibility index (Phi) is 4.62. The van der Waals surface area contributed by atoms with Crippen LogP contribution in [0.3, 0.4) is 0 Å². The fourth-order valence-electron chi connectivity index (χ4n) is 1.48. The lowest BCUT2D eigenvalue weighted by Crippen LogP contribution is -2.38. The molecular formula is C14H18FNO2. The van der Waals surface area contributed by atoms with E-state index in [9.17, 15) is 14.3 Å². The van der Waals surface area contributed by atoms with Gasteiger partial charge in [0, 0.05) is 6.08 Å². The van der Waals surface area contributed by atoms with Gasteiger partial charge in [-0.2, -0.15) is 0 Å². The number of benzene rings is 1. The number of hydrogen-bond donors (Lipinski definition) is 2. The summed E-state index contributed by atoms with van der Waals surface area (Å²) >= 11 is 0. The van der Waals surface area contributed by atoms with Gasteiger partial charge in [0.05, 0.1) is 6.54 Å². The Morgan fingerprint density at radius 2 is 1.94 bits per heavy atom. The van der Waals surface area contributed by atoms with E-state index in [1.807, 2.05) is 13.8 Å². The van der Waals surface area contributed by atoms with Crippen LogP contribution in [-0.2, 0) is 10.4 Å². The first-order chi connectivity index (χ1) is 8.31. The van der Waals surface area contributed by atoms with E-state index < -0.39 is 5.60 Å². The molecule has 1 aromatic carbocycles. The number of aliphatic hydroxyl groups is 1. The first kappa shape index (κ1) is 14.4. The van der Waals surface area contributed by atoms with Gasteiger partial charge in [-0.1, -0.05) is 17.7 Å². The minimum atomic E-state index is -1.22. The van der Waals surface area contributed by atoms with Gasteiger partial charge in [0.25, 0.3) is 0 Å². The molecule has 1 rings (SSSR count). The minimum Gasteiger partial charge on any atom is -0.384 e. The Bertz CT molecular complexity index is 445. The van der Waals surface area contributed by atoms with E-state index in [4.69, 9.17) is 0 Å². The minimum absolute atomic E-state index is 0.0707. The SMILES string of the molecule is CC(C)=CC(=O)NCC(C)(O)c1ccc(F)cc1. The highest BCUT2D eigenvalue weighted by molar-refractivity contribution is 5.88. The average molecular weight is 251 g/mol. The molecule has 0 fully saturated rings. The summed E-state index contributed by atoms with van der Waals surface area (Å²) in [7, 11) is 0. The van der Waals surface area contributed by atoms with Crippen molar-refractivity contribution < 1.29 is 14.3 Å². The lowest BCUT2D eigenvalue weighted by atomic mass is 9.96. The van der Waals surface area contributed by atoms with E-state index in [1.54, 1.807) is 6.92 Å². The summed E-state index contributed by atoms with van der Waals surface area (Å²) < 4.78 is 12.8. The Labute approximate surface area is 106 Å². The number of nitrogens with one attached hydrogen (secondary N) is 1. The number of allylic oxidation sites excluding steroid dienone is 1. The summed E-state index contributed by atoms with van der Waals surface area (Å²) in [5.74, 6) is -0.611. The van der Waals surface area contributed by atoms with Crippen molar-refractivity contribution in [3.63, 3.8) is 0 Å². The highest BCUT2D eigenvalue weighted by atomic mass is 19.1. The van der Waals surface area contributed by atoms with Gasteiger partial charge in [-0.3, -0.25) is 4.79 Å². The maximum atomic E-state index is 12.8. The van der Waals surface area contributed by atoms with Crippen LogP contribution < -0.4 is 5.32 Å². The summed E-state index contributed by atoms with van der Waals surface area (Å²) in [6.07, 6.45) is 1.46. The standard InChI is InChI=1S/C14H18FNO2/c1-10(2)8-13(17)16-9-14(3,18)11-4-6-12(15)7-5-11/h4-8,18H,9H2,1-3H3,(H,16,17). The van der Waals surface area contributed by atoms with Crippen molar-refractivity contribution in [3.8, 4) is 0 Å². The molecule has 0 aliphatic carbocycles. The van der Waals surface area contributed by atoms with E-state index >= 15 is 0 Å². The molecule has 1 aromatic rings. The third-order valence-electron chi connectivity index (χ3n) is 2.49. The van der Waals surface area contributed by atoms with Gasteiger partial charge in [-0.25, -0.2) is 4.39 Å². The quantitative estimate of drug-likeness (QED) is 0.805. The van der Waals surface area contributed by atoms with Gasteiger partial charge in [0.2, 0.25) is 5.91 Å². The molecule has 0 saturated heterocycles. The number of amides is 1. The second kappa shape index (κ2) is 5.78. The average Bonchev–Trinajstić information content (AvgIpc) is 2.26. The molecule has 0 aliphatic rings. The molecule has 0 spiro atoms. The Morgan fingerprint density at radius 1 is 1.39 bits per heavy atom. The molecular weight excluding hydrogens is 233 g/mol. The molecule has 0 heterocycles. The van der Waals surface area contributed by atoms with Crippen LogP contribution in [0.1, 0.15) is 26.3 Å². The first-order valence-corrected chi connectivity index (χ1v) is 5.72. The molecule has 1 unspecified atom stereocenters. The van der Waals surface area contributed by atoms with Crippen molar-refractivity contribution in [2.45, 2.75) is 26.4 Å². The van der Waals surface area contributed by atoms with Crippen LogP contribution in [0.15, 0.2) is 35.9 Å². The predicted molar refractivity (Wildman–Crippen MR) is 68.4 cm³/mol. The molecule has 4 heteroatoms. The number of hydrogen-bond acceptors (Lipinski definition) is 2. The summed E-state index contributed by atoms with van der Waals surface area (Å²) in [6, 6.07) is 5.56. The van der Waals surface area contributed by atoms with Crippen molar-refractivity contribution in [2.75, 3.05) is 6.54 Å². The van der Waals surface area contributed by atoms with Crippen molar-refractivity contribution in [3.05, 3.63) is 47.3 Å². The summed E-state index contributed by atoms with van der Waals surface area (Å²) in [6.45, 7) is 5.28. The van der Waals surface area contributed by atoms with Crippen molar-refractivity contribution in [2.24, 2.45) is 0 Å². The molecule has 0 bridgehead atoms. The summed E-state index contributed by atoms with van der Waals surface area (Å²) in [5, 5.41) is 12.8. The topological polar surface area (TPSA) is 49.3 Å². The Balaban J connectivity index is 2.68. The molecule has 3 nitrogen and oxygen atoms in total. The van der Waals surface area contributed by atoms with Crippen LogP contribution in [0, 0.1) is 5.82 Å². The fraction of sp³-hybridized carbons (Fsp3) is 0.357. The summed E-state index contributed by atoms with van der Waals surface area (Å²) in [5.41, 5.74) is 0.217. The van der Waals surface area contributed by atoms with Crippen LogP contribution >= 0.6 is 0 Å². The predicted octanol–water partition coefficient (Wildman–Crippen LogP) is 2.12. The number of rotatable bonds is 4. The molecule has 1 amide bonds. The monoisotopic (exact) mass is 251 g/mol. The second-order valence-electron chi connectivity index (χ2n) is 4.72. The Morgan fingerprint density at radius 3 is 2.44 bits per heavy atom. The van der Waals surface area contributed by atoms with Gasteiger partial charge >= 0.3 is 0 Å². The number of halogens is 1.